The standard InChI is InChI=1S/C13H11F2NO3/c1-6-12(13(18)19)9(5-11(17)16-6)8-3-2-7(14)4-10(8)15/h2-4,9H,5H2,1H3,(H,16,17)(H,18,19)/t9-/m0/s1. The van der Waals surface area contributed by atoms with Gasteiger partial charge in [0.15, 0.2) is 0 Å². The van der Waals surface area contributed by atoms with Crippen molar-refractivity contribution in [3.05, 3.63) is 46.7 Å². The van der Waals surface area contributed by atoms with Crippen LogP contribution in [0.2, 0.25) is 0 Å². The van der Waals surface area contributed by atoms with Gasteiger partial charge in [-0.2, -0.15) is 0 Å². The van der Waals surface area contributed by atoms with Gasteiger partial charge < -0.3 is 10.4 Å². The lowest BCUT2D eigenvalue weighted by atomic mass is 9.84. The Hall–Kier alpha value is -2.24. The summed E-state index contributed by atoms with van der Waals surface area (Å²) in [6.07, 6.45) is -0.179. The molecular weight excluding hydrogens is 256 g/mol. The molecule has 1 atom stereocenters. The lowest BCUT2D eigenvalue weighted by Gasteiger charge is -2.25. The predicted octanol–water partition coefficient (Wildman–Crippen LogP) is 1.93. The molecule has 0 unspecified atom stereocenters. The summed E-state index contributed by atoms with van der Waals surface area (Å²) < 4.78 is 26.6. The Labute approximate surface area is 107 Å². The summed E-state index contributed by atoms with van der Waals surface area (Å²) in [5.74, 6) is -4.14. The zero-order chi connectivity index (χ0) is 14.2. The SMILES string of the molecule is CC1=C(C(=O)O)[C@H](c2ccc(F)cc2F)CC(=O)N1. The smallest absolute Gasteiger partial charge is 0.333 e. The molecule has 0 saturated heterocycles. The first-order valence-corrected chi connectivity index (χ1v) is 5.59. The highest BCUT2D eigenvalue weighted by Crippen LogP contribution is 2.34. The minimum Gasteiger partial charge on any atom is -0.478 e. The molecular formula is C13H11F2NO3. The number of carbonyl (C=O) groups excluding carboxylic acids is 1. The monoisotopic (exact) mass is 267 g/mol. The largest absolute Gasteiger partial charge is 0.478 e. The average molecular weight is 267 g/mol. The minimum atomic E-state index is -1.23. The molecule has 0 radical (unpaired) electrons. The molecule has 0 spiro atoms. The third-order valence-corrected chi connectivity index (χ3v) is 3.04. The fraction of sp³-hybridized carbons (Fsp3) is 0.231. The van der Waals surface area contributed by atoms with Crippen LogP contribution in [0.25, 0.3) is 0 Å². The third kappa shape index (κ3) is 2.47. The van der Waals surface area contributed by atoms with Crippen molar-refractivity contribution in [3.8, 4) is 0 Å². The summed E-state index contributed by atoms with van der Waals surface area (Å²) in [5, 5.41) is 11.6. The van der Waals surface area contributed by atoms with E-state index in [0.29, 0.717) is 6.07 Å². The Bertz CT molecular complexity index is 596. The molecule has 2 rings (SSSR count). The summed E-state index contributed by atoms with van der Waals surface area (Å²) in [5.41, 5.74) is 0.107. The molecule has 0 aliphatic carbocycles. The highest BCUT2D eigenvalue weighted by Gasteiger charge is 2.33. The van der Waals surface area contributed by atoms with Gasteiger partial charge in [-0.25, -0.2) is 13.6 Å². The fourth-order valence-corrected chi connectivity index (χ4v) is 2.24. The number of allylic oxidation sites excluding steroid dienone is 1. The summed E-state index contributed by atoms with van der Waals surface area (Å²) in [7, 11) is 0. The van der Waals surface area contributed by atoms with Crippen molar-refractivity contribution in [3.63, 3.8) is 0 Å². The van der Waals surface area contributed by atoms with E-state index in [9.17, 15) is 18.4 Å². The first-order valence-electron chi connectivity index (χ1n) is 5.59. The molecule has 6 heteroatoms. The van der Waals surface area contributed by atoms with Crippen LogP contribution in [0.5, 0.6) is 0 Å². The van der Waals surface area contributed by atoms with Gasteiger partial charge in [0.25, 0.3) is 0 Å². The molecule has 1 heterocycles. The normalized spacial score (nSPS) is 19.3. The van der Waals surface area contributed by atoms with Gasteiger partial charge in [-0.3, -0.25) is 4.79 Å². The van der Waals surface area contributed by atoms with E-state index in [1.54, 1.807) is 0 Å². The highest BCUT2D eigenvalue weighted by molar-refractivity contribution is 5.94. The molecule has 0 fully saturated rings. The van der Waals surface area contributed by atoms with Crippen molar-refractivity contribution in [1.29, 1.82) is 0 Å². The van der Waals surface area contributed by atoms with Crippen LogP contribution in [-0.4, -0.2) is 17.0 Å². The Balaban J connectivity index is 2.55. The maximum atomic E-state index is 13.7. The molecule has 0 saturated carbocycles. The van der Waals surface area contributed by atoms with Crippen molar-refractivity contribution in [1.82, 2.24) is 5.32 Å². The molecule has 1 aliphatic heterocycles. The van der Waals surface area contributed by atoms with E-state index in [-0.39, 0.29) is 23.3 Å². The number of rotatable bonds is 2. The van der Waals surface area contributed by atoms with Gasteiger partial charge in [-0.05, 0) is 18.6 Å². The van der Waals surface area contributed by atoms with Gasteiger partial charge in [0.1, 0.15) is 11.6 Å². The van der Waals surface area contributed by atoms with Crippen molar-refractivity contribution in [2.75, 3.05) is 0 Å². The molecule has 100 valence electrons. The summed E-state index contributed by atoms with van der Waals surface area (Å²) >= 11 is 0. The number of carboxylic acids is 1. The number of carbonyl (C=O) groups is 2. The van der Waals surface area contributed by atoms with Crippen molar-refractivity contribution >= 4 is 11.9 Å². The van der Waals surface area contributed by atoms with E-state index in [4.69, 9.17) is 5.11 Å². The number of aliphatic carboxylic acids is 1. The number of benzene rings is 1. The molecule has 0 bridgehead atoms. The van der Waals surface area contributed by atoms with Crippen LogP contribution in [-0.2, 0) is 9.59 Å². The Morgan fingerprint density at radius 3 is 2.68 bits per heavy atom. The van der Waals surface area contributed by atoms with Crippen LogP contribution < -0.4 is 5.32 Å². The number of halogens is 2. The Morgan fingerprint density at radius 1 is 1.42 bits per heavy atom. The van der Waals surface area contributed by atoms with E-state index in [0.717, 1.165) is 6.07 Å². The predicted molar refractivity (Wildman–Crippen MR) is 62.2 cm³/mol. The minimum absolute atomic E-state index is 0.00741. The summed E-state index contributed by atoms with van der Waals surface area (Å²) in [6, 6.07) is 2.89. The van der Waals surface area contributed by atoms with Crippen LogP contribution in [0, 0.1) is 11.6 Å². The van der Waals surface area contributed by atoms with Crippen molar-refractivity contribution < 1.29 is 23.5 Å². The zero-order valence-electron chi connectivity index (χ0n) is 10.0. The van der Waals surface area contributed by atoms with Crippen LogP contribution >= 0.6 is 0 Å². The van der Waals surface area contributed by atoms with Crippen LogP contribution in [0.3, 0.4) is 0 Å². The fourth-order valence-electron chi connectivity index (χ4n) is 2.24. The van der Waals surface area contributed by atoms with Gasteiger partial charge >= 0.3 is 5.97 Å². The third-order valence-electron chi connectivity index (χ3n) is 3.04. The van der Waals surface area contributed by atoms with E-state index >= 15 is 0 Å². The second kappa shape index (κ2) is 4.79. The van der Waals surface area contributed by atoms with E-state index in [1.165, 1.54) is 13.0 Å². The van der Waals surface area contributed by atoms with Gasteiger partial charge in [-0.1, -0.05) is 6.07 Å². The lowest BCUT2D eigenvalue weighted by Crippen LogP contribution is -2.33. The van der Waals surface area contributed by atoms with Gasteiger partial charge in [0.05, 0.1) is 5.57 Å². The maximum Gasteiger partial charge on any atom is 0.333 e. The number of hydrogen-bond acceptors (Lipinski definition) is 2. The zero-order valence-corrected chi connectivity index (χ0v) is 10.0. The average Bonchev–Trinajstić information content (AvgIpc) is 2.26. The molecule has 0 aromatic heterocycles. The Kier molecular flexibility index (Phi) is 3.33. The molecule has 19 heavy (non-hydrogen) atoms. The molecule has 1 amide bonds. The Morgan fingerprint density at radius 2 is 2.11 bits per heavy atom. The quantitative estimate of drug-likeness (QED) is 0.860. The molecule has 1 aromatic rings. The first-order chi connectivity index (χ1) is 8.90. The van der Waals surface area contributed by atoms with Gasteiger partial charge in [-0.15, -0.1) is 0 Å². The van der Waals surface area contributed by atoms with E-state index in [1.807, 2.05) is 0 Å². The van der Waals surface area contributed by atoms with Crippen LogP contribution in [0.1, 0.15) is 24.8 Å². The number of nitrogens with one attached hydrogen (secondary N) is 1. The second-order valence-corrected chi connectivity index (χ2v) is 4.31. The topological polar surface area (TPSA) is 66.4 Å². The second-order valence-electron chi connectivity index (χ2n) is 4.31. The van der Waals surface area contributed by atoms with Gasteiger partial charge in [0.2, 0.25) is 5.91 Å². The van der Waals surface area contributed by atoms with Gasteiger partial charge in [0, 0.05) is 24.1 Å². The molecule has 4 nitrogen and oxygen atoms in total. The van der Waals surface area contributed by atoms with Crippen molar-refractivity contribution in [2.45, 2.75) is 19.3 Å². The van der Waals surface area contributed by atoms with Crippen LogP contribution in [0.4, 0.5) is 8.78 Å². The van der Waals surface area contributed by atoms with Crippen molar-refractivity contribution in [2.24, 2.45) is 0 Å². The summed E-state index contributed by atoms with van der Waals surface area (Å²) in [4.78, 5) is 22.7. The molecule has 1 aliphatic rings. The lowest BCUT2D eigenvalue weighted by molar-refractivity contribution is -0.133. The number of amides is 1. The van der Waals surface area contributed by atoms with E-state index < -0.39 is 29.4 Å². The first kappa shape index (κ1) is 13.2. The highest BCUT2D eigenvalue weighted by atomic mass is 19.1. The van der Waals surface area contributed by atoms with Crippen LogP contribution in [0.15, 0.2) is 29.5 Å². The number of carboxylic acid groups (broad SMARTS) is 1. The molecule has 2 N–H and O–H groups in total. The summed E-state index contributed by atoms with van der Waals surface area (Å²) in [6.45, 7) is 1.44. The number of hydrogen-bond donors (Lipinski definition) is 2. The van der Waals surface area contributed by atoms with E-state index in [2.05, 4.69) is 5.32 Å². The molecule has 1 aromatic carbocycles. The maximum absolute atomic E-state index is 13.7.